The van der Waals surface area contributed by atoms with E-state index in [2.05, 4.69) is 4.18 Å². The number of imidazole rings is 1. The van der Waals surface area contributed by atoms with Crippen LogP contribution in [0.4, 0.5) is 26.3 Å². The number of halogens is 6. The van der Waals surface area contributed by atoms with E-state index in [1.165, 1.54) is 26.4 Å². The summed E-state index contributed by atoms with van der Waals surface area (Å²) in [5.74, 6) is 0. The first-order chi connectivity index (χ1) is 9.34. The molecule has 1 unspecified atom stereocenters. The van der Waals surface area contributed by atoms with Gasteiger partial charge in [-0.2, -0.15) is 39.5 Å². The fourth-order valence-corrected chi connectivity index (χ4v) is 2.24. The van der Waals surface area contributed by atoms with Gasteiger partial charge in [0.25, 0.3) is 6.17 Å². The quantitative estimate of drug-likeness (QED) is 0.464. The van der Waals surface area contributed by atoms with Crippen molar-refractivity contribution < 1.29 is 43.5 Å². The molecule has 1 heterocycles. The van der Waals surface area contributed by atoms with Gasteiger partial charge in [-0.15, -0.1) is 0 Å². The van der Waals surface area contributed by atoms with Crippen molar-refractivity contribution in [3.8, 4) is 6.01 Å². The minimum absolute atomic E-state index is 0.0928. The zero-order valence-corrected chi connectivity index (χ0v) is 11.6. The maximum atomic E-state index is 13.2. The second kappa shape index (κ2) is 5.39. The molecule has 122 valence electrons. The van der Waals surface area contributed by atoms with Crippen LogP contribution in [0.2, 0.25) is 0 Å². The third-order valence-corrected chi connectivity index (χ3v) is 3.70. The lowest BCUT2D eigenvalue weighted by Crippen LogP contribution is -2.49. The lowest BCUT2D eigenvalue weighted by atomic mass is 10.4. The zero-order valence-electron chi connectivity index (χ0n) is 10.7. The van der Waals surface area contributed by atoms with E-state index in [0.29, 0.717) is 0 Å². The molecule has 0 aliphatic rings. The second-order valence-electron chi connectivity index (χ2n) is 3.98. The molecule has 0 N–H and O–H groups in total. The zero-order chi connectivity index (χ0) is 16.6. The molecule has 0 saturated heterocycles. The van der Waals surface area contributed by atoms with Gasteiger partial charge in [0, 0.05) is 0 Å². The minimum atomic E-state index is -6.19. The number of alkyl halides is 6. The summed E-state index contributed by atoms with van der Waals surface area (Å²) in [6.45, 7) is 1.60. The number of aromatic nitrogens is 2. The Morgan fingerprint density at radius 1 is 1.33 bits per heavy atom. The maximum Gasteiger partial charge on any atom is 0.471 e. The molecule has 0 amide bonds. The summed E-state index contributed by atoms with van der Waals surface area (Å²) in [5.41, 5.74) is 0. The van der Waals surface area contributed by atoms with Crippen LogP contribution in [0.1, 0.15) is 6.92 Å². The van der Waals surface area contributed by atoms with E-state index in [4.69, 9.17) is 0 Å². The molecule has 1 atom stereocenters. The predicted molar refractivity (Wildman–Crippen MR) is 56.7 cm³/mol. The van der Waals surface area contributed by atoms with Crippen LogP contribution in [-0.2, 0) is 23.7 Å². The third-order valence-electron chi connectivity index (χ3n) is 2.46. The Labute approximate surface area is 115 Å². The normalized spacial score (nSPS) is 15.0. The lowest BCUT2D eigenvalue weighted by Gasteiger charge is -2.21. The molecule has 0 aromatic carbocycles. The Morgan fingerprint density at radius 2 is 1.86 bits per heavy atom. The monoisotopic (exact) mass is 341 g/mol. The largest absolute Gasteiger partial charge is 0.471 e. The second-order valence-corrected chi connectivity index (χ2v) is 5.60. The summed E-state index contributed by atoms with van der Waals surface area (Å²) in [5, 5.41) is -5.78. The Morgan fingerprint density at radius 3 is 2.29 bits per heavy atom. The standard InChI is InChI=1S/C9H11F6N2O3S/c1-3-17-5-4-16(2)7(17)20-21(18,19)9(14,15)6(10)8(11,12)13/h4-6H,3H2,1-2H3/q+1. The van der Waals surface area contributed by atoms with Crippen molar-refractivity contribution >= 4 is 10.1 Å². The molecule has 0 saturated carbocycles. The van der Waals surface area contributed by atoms with Crippen LogP contribution in [0.15, 0.2) is 12.4 Å². The number of hydrogen-bond donors (Lipinski definition) is 0. The molecule has 1 rings (SSSR count). The maximum absolute atomic E-state index is 13.2. The number of nitrogens with zero attached hydrogens (tertiary/aromatic N) is 2. The molecule has 12 heteroatoms. The van der Waals surface area contributed by atoms with Gasteiger partial charge >= 0.3 is 27.6 Å². The van der Waals surface area contributed by atoms with Gasteiger partial charge in [-0.25, -0.2) is 4.39 Å². The summed E-state index contributed by atoms with van der Waals surface area (Å²) in [7, 11) is -4.98. The molecule has 1 aromatic heterocycles. The number of hydrogen-bond acceptors (Lipinski definition) is 3. The topological polar surface area (TPSA) is 52.2 Å². The smallest absolute Gasteiger partial charge is 0.304 e. The van der Waals surface area contributed by atoms with E-state index in [0.717, 1.165) is 9.13 Å². The summed E-state index contributed by atoms with van der Waals surface area (Å²) >= 11 is 0. The molecule has 5 nitrogen and oxygen atoms in total. The highest BCUT2D eigenvalue weighted by atomic mass is 32.2. The highest BCUT2D eigenvalue weighted by Crippen LogP contribution is 2.39. The summed E-state index contributed by atoms with van der Waals surface area (Å²) < 4.78 is 104. The van der Waals surface area contributed by atoms with Gasteiger partial charge in [-0.05, 0) is 6.92 Å². The summed E-state index contributed by atoms with van der Waals surface area (Å²) in [6, 6.07) is -0.674. The first-order valence-electron chi connectivity index (χ1n) is 5.42. The van der Waals surface area contributed by atoms with Gasteiger partial charge in [0.1, 0.15) is 12.4 Å². The van der Waals surface area contributed by atoms with Gasteiger partial charge < -0.3 is 4.18 Å². The average Bonchev–Trinajstić information content (AvgIpc) is 2.67. The molecular formula is C9H11F6N2O3S+. The number of rotatable bonds is 5. The van der Waals surface area contributed by atoms with Crippen molar-refractivity contribution in [3.63, 3.8) is 0 Å². The fraction of sp³-hybridized carbons (Fsp3) is 0.667. The van der Waals surface area contributed by atoms with Crippen molar-refractivity contribution in [1.29, 1.82) is 0 Å². The van der Waals surface area contributed by atoms with Crippen LogP contribution in [0, 0.1) is 0 Å². The summed E-state index contributed by atoms with van der Waals surface area (Å²) in [4.78, 5) is 0. The lowest BCUT2D eigenvalue weighted by molar-refractivity contribution is -0.674. The average molecular weight is 341 g/mol. The molecule has 0 radical (unpaired) electrons. The molecule has 0 spiro atoms. The molecule has 1 aromatic rings. The van der Waals surface area contributed by atoms with E-state index in [9.17, 15) is 34.8 Å². The SMILES string of the molecule is CCn1cc[n+](C)c1OS(=O)(=O)C(F)(F)C(F)C(F)(F)F. The minimum Gasteiger partial charge on any atom is -0.304 e. The predicted octanol–water partition coefficient (Wildman–Crippen LogP) is 1.53. The van der Waals surface area contributed by atoms with Crippen molar-refractivity contribution in [2.75, 3.05) is 0 Å². The van der Waals surface area contributed by atoms with Gasteiger partial charge in [0.2, 0.25) is 0 Å². The van der Waals surface area contributed by atoms with Crippen LogP contribution in [0.25, 0.3) is 0 Å². The van der Waals surface area contributed by atoms with E-state index >= 15 is 0 Å². The molecule has 0 aliphatic carbocycles. The first-order valence-corrected chi connectivity index (χ1v) is 6.82. The Balaban J connectivity index is 3.20. The van der Waals surface area contributed by atoms with E-state index < -0.39 is 33.7 Å². The van der Waals surface area contributed by atoms with Crippen molar-refractivity contribution in [1.82, 2.24) is 4.57 Å². The molecule has 21 heavy (non-hydrogen) atoms. The van der Waals surface area contributed by atoms with Crippen LogP contribution in [0.3, 0.4) is 0 Å². The highest BCUT2D eigenvalue weighted by molar-refractivity contribution is 7.88. The van der Waals surface area contributed by atoms with E-state index in [1.54, 1.807) is 0 Å². The fourth-order valence-electron chi connectivity index (χ4n) is 1.33. The van der Waals surface area contributed by atoms with Crippen LogP contribution >= 0.6 is 0 Å². The molecular weight excluding hydrogens is 330 g/mol. The van der Waals surface area contributed by atoms with Crippen LogP contribution < -0.4 is 8.75 Å². The van der Waals surface area contributed by atoms with E-state index in [-0.39, 0.29) is 6.54 Å². The number of aryl methyl sites for hydroxylation is 2. The Bertz CT molecular complexity index is 609. The Hall–Kier alpha value is -1.46. The van der Waals surface area contributed by atoms with Crippen molar-refractivity contribution in [2.24, 2.45) is 7.05 Å². The van der Waals surface area contributed by atoms with Crippen LogP contribution in [-0.4, -0.2) is 30.6 Å². The van der Waals surface area contributed by atoms with Crippen LogP contribution in [0.5, 0.6) is 6.01 Å². The first kappa shape index (κ1) is 17.6. The third kappa shape index (κ3) is 3.24. The molecule has 0 bridgehead atoms. The Kier molecular flexibility index (Phi) is 4.51. The highest BCUT2D eigenvalue weighted by Gasteiger charge is 2.66. The molecule has 0 aliphatic heterocycles. The van der Waals surface area contributed by atoms with Crippen molar-refractivity contribution in [3.05, 3.63) is 12.4 Å². The van der Waals surface area contributed by atoms with Gasteiger partial charge in [-0.3, -0.25) is 0 Å². The summed E-state index contributed by atoms with van der Waals surface area (Å²) in [6.07, 6.45) is -8.47. The van der Waals surface area contributed by atoms with Gasteiger partial charge in [-0.1, -0.05) is 0 Å². The van der Waals surface area contributed by atoms with Crippen molar-refractivity contribution in [2.45, 2.75) is 31.1 Å². The van der Waals surface area contributed by atoms with Gasteiger partial charge in [0.15, 0.2) is 0 Å². The van der Waals surface area contributed by atoms with E-state index in [1.807, 2.05) is 0 Å². The van der Waals surface area contributed by atoms with Gasteiger partial charge in [0.05, 0.1) is 13.6 Å². The molecule has 0 fully saturated rings.